The summed E-state index contributed by atoms with van der Waals surface area (Å²) in [5.41, 5.74) is 0. The molecule has 5 nitrogen and oxygen atoms in total. The molecule has 1 rings (SSSR count). The molecule has 0 saturated carbocycles. The maximum Gasteiger partial charge on any atom is 0.330 e. The number of esters is 1. The number of morpholine rings is 1. The molecule has 1 atom stereocenters. The quantitative estimate of drug-likeness (QED) is 0.526. The van der Waals surface area contributed by atoms with E-state index in [0.29, 0.717) is 6.61 Å². The van der Waals surface area contributed by atoms with Crippen molar-refractivity contribution in [3.8, 4) is 0 Å². The maximum atomic E-state index is 11.1. The Bertz CT molecular complexity index is 250. The first-order chi connectivity index (χ1) is 8.22. The average Bonchev–Trinajstić information content (AvgIpc) is 2.30. The Kier molecular flexibility index (Phi) is 6.84. The first-order valence-corrected chi connectivity index (χ1v) is 6.06. The van der Waals surface area contributed by atoms with Gasteiger partial charge in [0.25, 0.3) is 0 Å². The summed E-state index contributed by atoms with van der Waals surface area (Å²) in [6.45, 7) is 6.40. The number of hydrogen-bond donors (Lipinski definition) is 1. The van der Waals surface area contributed by atoms with E-state index in [9.17, 15) is 4.79 Å². The third kappa shape index (κ3) is 6.41. The van der Waals surface area contributed by atoms with Gasteiger partial charge in [0.15, 0.2) is 0 Å². The Morgan fingerprint density at radius 1 is 1.65 bits per heavy atom. The van der Waals surface area contributed by atoms with E-state index in [1.807, 2.05) is 13.1 Å². The normalized spacial score (nSPS) is 21.0. The summed E-state index contributed by atoms with van der Waals surface area (Å²) in [5, 5.41) is 3.29. The molecular formula is C12H22N2O3. The Labute approximate surface area is 103 Å². The van der Waals surface area contributed by atoms with E-state index >= 15 is 0 Å². The summed E-state index contributed by atoms with van der Waals surface area (Å²) < 4.78 is 10.4. The molecule has 0 aromatic heterocycles. The van der Waals surface area contributed by atoms with E-state index in [4.69, 9.17) is 9.47 Å². The fourth-order valence-electron chi connectivity index (χ4n) is 1.68. The smallest absolute Gasteiger partial charge is 0.330 e. The molecule has 0 aromatic carbocycles. The molecule has 1 N–H and O–H groups in total. The minimum Gasteiger partial charge on any atom is -0.463 e. The average molecular weight is 242 g/mol. The molecule has 1 aliphatic rings. The van der Waals surface area contributed by atoms with Crippen molar-refractivity contribution in [2.45, 2.75) is 13.0 Å². The molecular weight excluding hydrogens is 220 g/mol. The summed E-state index contributed by atoms with van der Waals surface area (Å²) in [4.78, 5) is 13.2. The van der Waals surface area contributed by atoms with Gasteiger partial charge in [-0.1, -0.05) is 6.08 Å². The molecule has 0 radical (unpaired) electrons. The van der Waals surface area contributed by atoms with Crippen molar-refractivity contribution in [3.05, 3.63) is 12.2 Å². The van der Waals surface area contributed by atoms with Crippen LogP contribution in [0.2, 0.25) is 0 Å². The third-order valence-electron chi connectivity index (χ3n) is 2.48. The molecule has 1 fully saturated rings. The molecule has 0 aromatic rings. The van der Waals surface area contributed by atoms with Gasteiger partial charge in [-0.3, -0.25) is 0 Å². The van der Waals surface area contributed by atoms with Crippen molar-refractivity contribution < 1.29 is 14.3 Å². The van der Waals surface area contributed by atoms with Crippen molar-refractivity contribution in [2.75, 3.05) is 46.4 Å². The summed E-state index contributed by atoms with van der Waals surface area (Å²) in [7, 11) is 2.01. The van der Waals surface area contributed by atoms with E-state index in [2.05, 4.69) is 10.2 Å². The minimum atomic E-state index is -0.281. The second kappa shape index (κ2) is 8.22. The van der Waals surface area contributed by atoms with Crippen LogP contribution in [0.15, 0.2) is 12.2 Å². The number of carbonyl (C=O) groups is 1. The van der Waals surface area contributed by atoms with Crippen LogP contribution in [0.5, 0.6) is 0 Å². The molecule has 1 heterocycles. The number of likely N-dealkylation sites (N-methyl/N-ethyl adjacent to an activating group) is 1. The second-order valence-electron chi connectivity index (χ2n) is 4.07. The third-order valence-corrected chi connectivity index (χ3v) is 2.48. The highest BCUT2D eigenvalue weighted by atomic mass is 16.5. The zero-order chi connectivity index (χ0) is 12.5. The Morgan fingerprint density at radius 2 is 2.47 bits per heavy atom. The molecule has 0 amide bonds. The van der Waals surface area contributed by atoms with E-state index < -0.39 is 0 Å². The van der Waals surface area contributed by atoms with Gasteiger partial charge in [0, 0.05) is 32.3 Å². The van der Waals surface area contributed by atoms with Gasteiger partial charge in [0.1, 0.15) is 0 Å². The minimum absolute atomic E-state index is 0.241. The molecule has 98 valence electrons. The van der Waals surface area contributed by atoms with Crippen LogP contribution in [0.25, 0.3) is 0 Å². The standard InChI is InChI=1S/C12H22N2O3/c1-3-16-12(15)5-4-7-14(2)10-11-9-13-6-8-17-11/h4-5,11,13H,3,6-10H2,1-2H3/b5-4+. The maximum absolute atomic E-state index is 11.1. The van der Waals surface area contributed by atoms with Crippen molar-refractivity contribution >= 4 is 5.97 Å². The van der Waals surface area contributed by atoms with Crippen molar-refractivity contribution in [1.82, 2.24) is 10.2 Å². The van der Waals surface area contributed by atoms with Crippen LogP contribution in [0.3, 0.4) is 0 Å². The van der Waals surface area contributed by atoms with Crippen LogP contribution in [-0.4, -0.2) is 63.4 Å². The number of nitrogens with zero attached hydrogens (tertiary/aromatic N) is 1. The van der Waals surface area contributed by atoms with Gasteiger partial charge in [-0.2, -0.15) is 0 Å². The fraction of sp³-hybridized carbons (Fsp3) is 0.750. The summed E-state index contributed by atoms with van der Waals surface area (Å²) in [5.74, 6) is -0.281. The van der Waals surface area contributed by atoms with Crippen LogP contribution in [0.4, 0.5) is 0 Å². The predicted octanol–water partition coefficient (Wildman–Crippen LogP) is 0.0259. The molecule has 0 spiro atoms. The topological polar surface area (TPSA) is 50.8 Å². The van der Waals surface area contributed by atoms with Crippen molar-refractivity contribution in [1.29, 1.82) is 0 Å². The van der Waals surface area contributed by atoms with Crippen LogP contribution in [-0.2, 0) is 14.3 Å². The Balaban J connectivity index is 2.15. The van der Waals surface area contributed by atoms with Gasteiger partial charge in [-0.15, -0.1) is 0 Å². The van der Waals surface area contributed by atoms with Crippen LogP contribution in [0.1, 0.15) is 6.92 Å². The van der Waals surface area contributed by atoms with E-state index in [1.165, 1.54) is 6.08 Å². The van der Waals surface area contributed by atoms with Gasteiger partial charge >= 0.3 is 5.97 Å². The summed E-state index contributed by atoms with van der Waals surface area (Å²) in [6.07, 6.45) is 3.53. The molecule has 1 aliphatic heterocycles. The van der Waals surface area contributed by atoms with Gasteiger partial charge in [0.2, 0.25) is 0 Å². The van der Waals surface area contributed by atoms with Crippen LogP contribution >= 0.6 is 0 Å². The number of hydrogen-bond acceptors (Lipinski definition) is 5. The number of nitrogens with one attached hydrogen (secondary N) is 1. The first-order valence-electron chi connectivity index (χ1n) is 6.06. The highest BCUT2D eigenvalue weighted by Crippen LogP contribution is 1.98. The summed E-state index contributed by atoms with van der Waals surface area (Å²) in [6, 6.07) is 0. The molecule has 1 unspecified atom stereocenters. The monoisotopic (exact) mass is 242 g/mol. The van der Waals surface area contributed by atoms with Gasteiger partial charge in [-0.05, 0) is 14.0 Å². The van der Waals surface area contributed by atoms with E-state index in [0.717, 1.165) is 32.8 Å². The molecule has 1 saturated heterocycles. The van der Waals surface area contributed by atoms with E-state index in [-0.39, 0.29) is 12.1 Å². The van der Waals surface area contributed by atoms with Crippen LogP contribution < -0.4 is 5.32 Å². The number of ether oxygens (including phenoxy) is 2. The Morgan fingerprint density at radius 3 is 3.12 bits per heavy atom. The molecule has 5 heteroatoms. The van der Waals surface area contributed by atoms with Crippen molar-refractivity contribution in [2.24, 2.45) is 0 Å². The largest absolute Gasteiger partial charge is 0.463 e. The van der Waals surface area contributed by atoms with Gasteiger partial charge in [-0.25, -0.2) is 4.79 Å². The zero-order valence-electron chi connectivity index (χ0n) is 10.6. The highest BCUT2D eigenvalue weighted by molar-refractivity contribution is 5.81. The zero-order valence-corrected chi connectivity index (χ0v) is 10.6. The molecule has 17 heavy (non-hydrogen) atoms. The molecule has 0 bridgehead atoms. The highest BCUT2D eigenvalue weighted by Gasteiger charge is 2.14. The lowest BCUT2D eigenvalue weighted by Crippen LogP contribution is -2.44. The van der Waals surface area contributed by atoms with Crippen LogP contribution in [0, 0.1) is 0 Å². The van der Waals surface area contributed by atoms with E-state index in [1.54, 1.807) is 6.92 Å². The molecule has 0 aliphatic carbocycles. The number of rotatable bonds is 6. The Hall–Kier alpha value is -0.910. The van der Waals surface area contributed by atoms with Gasteiger partial charge < -0.3 is 19.7 Å². The number of carbonyl (C=O) groups excluding carboxylic acids is 1. The first kappa shape index (κ1) is 14.2. The SMILES string of the molecule is CCOC(=O)/C=C/CN(C)CC1CNCCO1. The lowest BCUT2D eigenvalue weighted by atomic mass is 10.3. The fourth-order valence-corrected chi connectivity index (χ4v) is 1.68. The second-order valence-corrected chi connectivity index (χ2v) is 4.07. The lowest BCUT2D eigenvalue weighted by Gasteiger charge is -2.27. The lowest BCUT2D eigenvalue weighted by molar-refractivity contribution is -0.137. The van der Waals surface area contributed by atoms with Gasteiger partial charge in [0.05, 0.1) is 19.3 Å². The predicted molar refractivity (Wildman–Crippen MR) is 65.9 cm³/mol. The summed E-state index contributed by atoms with van der Waals surface area (Å²) >= 11 is 0. The van der Waals surface area contributed by atoms with Crippen molar-refractivity contribution in [3.63, 3.8) is 0 Å².